The number of nitrogens with zero attached hydrogens (tertiary/aromatic N) is 1. The molecule has 0 unspecified atom stereocenters. The fraction of sp³-hybridized carbons (Fsp3) is 0.538. The SMILES string of the molecule is CCOP(=S)(N[C@@H](C[N+](=O)[O-])c1ccccc1C(F)(F)F)OCC. The maximum Gasteiger partial charge on any atom is 0.416 e. The van der Waals surface area contributed by atoms with Crippen LogP contribution in [-0.2, 0) is 27.0 Å². The highest BCUT2D eigenvalue weighted by Gasteiger charge is 2.37. The summed E-state index contributed by atoms with van der Waals surface area (Å²) in [6.45, 7) is -0.324. The molecule has 0 radical (unpaired) electrons. The van der Waals surface area contributed by atoms with Gasteiger partial charge in [-0.05, 0) is 37.3 Å². The Hall–Kier alpha value is -1.06. The highest BCUT2D eigenvalue weighted by Crippen LogP contribution is 2.47. The molecule has 6 nitrogen and oxygen atoms in total. The first kappa shape index (κ1) is 21.0. The van der Waals surface area contributed by atoms with E-state index in [4.69, 9.17) is 20.9 Å². The molecule has 0 amide bonds. The number of rotatable bonds is 9. The van der Waals surface area contributed by atoms with Crippen molar-refractivity contribution in [3.05, 3.63) is 45.5 Å². The molecule has 0 aliphatic rings. The van der Waals surface area contributed by atoms with Gasteiger partial charge in [0.1, 0.15) is 6.04 Å². The molecule has 24 heavy (non-hydrogen) atoms. The predicted octanol–water partition coefficient (Wildman–Crippen LogP) is 3.91. The second-order valence-corrected chi connectivity index (χ2v) is 7.83. The van der Waals surface area contributed by atoms with Crippen molar-refractivity contribution in [2.45, 2.75) is 26.1 Å². The lowest BCUT2D eigenvalue weighted by molar-refractivity contribution is -0.484. The molecule has 0 aliphatic carbocycles. The van der Waals surface area contributed by atoms with E-state index in [9.17, 15) is 23.3 Å². The first-order valence-electron chi connectivity index (χ1n) is 7.07. The number of halogens is 3. The van der Waals surface area contributed by atoms with E-state index in [1.54, 1.807) is 13.8 Å². The van der Waals surface area contributed by atoms with Crippen molar-refractivity contribution in [2.75, 3.05) is 19.8 Å². The van der Waals surface area contributed by atoms with Crippen LogP contribution in [0.15, 0.2) is 24.3 Å². The molecule has 0 saturated heterocycles. The average Bonchev–Trinajstić information content (AvgIpc) is 2.45. The molecule has 0 heterocycles. The summed E-state index contributed by atoms with van der Waals surface area (Å²) in [5.74, 6) is 0. The molecule has 0 saturated carbocycles. The van der Waals surface area contributed by atoms with Crippen LogP contribution >= 0.6 is 6.64 Å². The van der Waals surface area contributed by atoms with E-state index in [-0.39, 0.29) is 18.8 Å². The van der Waals surface area contributed by atoms with Gasteiger partial charge in [0, 0.05) is 4.92 Å². The lowest BCUT2D eigenvalue weighted by atomic mass is 10.0. The third-order valence-electron chi connectivity index (χ3n) is 2.89. The van der Waals surface area contributed by atoms with Gasteiger partial charge in [0.15, 0.2) is 0 Å². The normalized spacial score (nSPS) is 13.7. The average molecular weight is 386 g/mol. The van der Waals surface area contributed by atoms with Gasteiger partial charge in [-0.15, -0.1) is 0 Å². The van der Waals surface area contributed by atoms with E-state index in [0.29, 0.717) is 0 Å². The molecule has 0 spiro atoms. The Balaban J connectivity index is 3.28. The van der Waals surface area contributed by atoms with Gasteiger partial charge in [-0.25, -0.2) is 5.09 Å². The molecule has 1 atom stereocenters. The van der Waals surface area contributed by atoms with E-state index in [0.717, 1.165) is 6.07 Å². The molecular weight excluding hydrogens is 368 g/mol. The summed E-state index contributed by atoms with van der Waals surface area (Å²) in [6.07, 6.45) is -4.65. The topological polar surface area (TPSA) is 73.6 Å². The van der Waals surface area contributed by atoms with Crippen LogP contribution in [0.1, 0.15) is 31.0 Å². The largest absolute Gasteiger partial charge is 0.416 e. The Bertz CT molecular complexity index is 605. The fourth-order valence-electron chi connectivity index (χ4n) is 2.06. The van der Waals surface area contributed by atoms with Crippen LogP contribution in [0, 0.1) is 10.1 Å². The van der Waals surface area contributed by atoms with Crippen LogP contribution in [0.25, 0.3) is 0 Å². The summed E-state index contributed by atoms with van der Waals surface area (Å²) in [5.41, 5.74) is -1.23. The zero-order chi connectivity index (χ0) is 18.4. The Morgan fingerprint density at radius 3 is 2.29 bits per heavy atom. The Kier molecular flexibility index (Phi) is 7.75. The summed E-state index contributed by atoms with van der Waals surface area (Å²) >= 11 is 5.22. The van der Waals surface area contributed by atoms with Gasteiger partial charge < -0.3 is 9.05 Å². The second-order valence-electron chi connectivity index (χ2n) is 4.62. The van der Waals surface area contributed by atoms with Gasteiger partial charge in [0.05, 0.1) is 18.8 Å². The highest BCUT2D eigenvalue weighted by molar-refractivity contribution is 8.08. The number of hydrogen-bond acceptors (Lipinski definition) is 5. The summed E-state index contributed by atoms with van der Waals surface area (Å²) in [7, 11) is 0. The first-order valence-corrected chi connectivity index (χ1v) is 9.71. The maximum absolute atomic E-state index is 13.2. The van der Waals surface area contributed by atoms with Crippen LogP contribution in [0.2, 0.25) is 0 Å². The number of benzene rings is 1. The molecule has 1 aromatic carbocycles. The van der Waals surface area contributed by atoms with Crippen molar-refractivity contribution in [1.82, 2.24) is 5.09 Å². The lowest BCUT2D eigenvalue weighted by Crippen LogP contribution is -2.29. The molecular formula is C13H18F3N2O4PS. The van der Waals surface area contributed by atoms with Gasteiger partial charge in [-0.3, -0.25) is 10.1 Å². The van der Waals surface area contributed by atoms with E-state index in [1.165, 1.54) is 18.2 Å². The van der Waals surface area contributed by atoms with Crippen molar-refractivity contribution in [3.8, 4) is 0 Å². The zero-order valence-electron chi connectivity index (χ0n) is 13.1. The molecule has 0 aliphatic heterocycles. The predicted molar refractivity (Wildman–Crippen MR) is 86.7 cm³/mol. The van der Waals surface area contributed by atoms with Crippen molar-refractivity contribution >= 4 is 18.4 Å². The van der Waals surface area contributed by atoms with Crippen LogP contribution in [0.3, 0.4) is 0 Å². The number of hydrogen-bond donors (Lipinski definition) is 1. The standard InChI is InChI=1S/C13H18F3N2O4PS/c1-3-21-23(24,22-4-2)17-12(9-18(19)20)10-7-5-6-8-11(10)13(14,15)16/h5-8,12H,3-4,9H2,1-2H3,(H,17,24)/t12-/m0/s1. The Morgan fingerprint density at radius 2 is 1.83 bits per heavy atom. The van der Waals surface area contributed by atoms with Crippen LogP contribution in [0.4, 0.5) is 13.2 Å². The second kappa shape index (κ2) is 8.87. The van der Waals surface area contributed by atoms with Crippen molar-refractivity contribution < 1.29 is 27.1 Å². The lowest BCUT2D eigenvalue weighted by Gasteiger charge is -2.27. The van der Waals surface area contributed by atoms with Crippen LogP contribution in [-0.4, -0.2) is 24.7 Å². The minimum atomic E-state index is -4.65. The summed E-state index contributed by atoms with van der Waals surface area (Å²) in [6, 6.07) is 3.36. The monoisotopic (exact) mass is 386 g/mol. The molecule has 0 bridgehead atoms. The number of nitrogens with one attached hydrogen (secondary N) is 1. The Labute approximate surface area is 142 Å². The van der Waals surface area contributed by atoms with E-state index >= 15 is 0 Å². The van der Waals surface area contributed by atoms with Gasteiger partial charge in [0.25, 0.3) is 6.64 Å². The van der Waals surface area contributed by atoms with Gasteiger partial charge in [-0.1, -0.05) is 18.2 Å². The van der Waals surface area contributed by atoms with Crippen molar-refractivity contribution in [3.63, 3.8) is 0 Å². The molecule has 0 aromatic heterocycles. The first-order chi connectivity index (χ1) is 11.1. The fourth-order valence-corrected chi connectivity index (χ4v) is 4.58. The quantitative estimate of drug-likeness (QED) is 0.394. The summed E-state index contributed by atoms with van der Waals surface area (Å²) in [4.78, 5) is 10.2. The molecule has 1 rings (SSSR count). The van der Waals surface area contributed by atoms with Crippen LogP contribution < -0.4 is 5.09 Å². The van der Waals surface area contributed by atoms with Crippen LogP contribution in [0.5, 0.6) is 0 Å². The van der Waals surface area contributed by atoms with E-state index < -0.39 is 35.9 Å². The van der Waals surface area contributed by atoms with Gasteiger partial charge in [-0.2, -0.15) is 13.2 Å². The van der Waals surface area contributed by atoms with Crippen molar-refractivity contribution in [1.29, 1.82) is 0 Å². The van der Waals surface area contributed by atoms with E-state index in [2.05, 4.69) is 5.09 Å². The smallest absolute Gasteiger partial charge is 0.318 e. The Morgan fingerprint density at radius 1 is 1.29 bits per heavy atom. The minimum absolute atomic E-state index is 0.163. The molecule has 136 valence electrons. The molecule has 0 fully saturated rings. The van der Waals surface area contributed by atoms with Gasteiger partial charge >= 0.3 is 6.18 Å². The molecule has 1 N–H and O–H groups in total. The number of nitro groups is 1. The van der Waals surface area contributed by atoms with Crippen molar-refractivity contribution in [2.24, 2.45) is 0 Å². The maximum atomic E-state index is 13.2. The van der Waals surface area contributed by atoms with E-state index in [1.807, 2.05) is 0 Å². The molecule has 1 aromatic rings. The third kappa shape index (κ3) is 6.10. The van der Waals surface area contributed by atoms with Gasteiger partial charge in [0.2, 0.25) is 6.54 Å². The minimum Gasteiger partial charge on any atom is -0.318 e. The molecule has 11 heteroatoms. The zero-order valence-corrected chi connectivity index (χ0v) is 14.8. The highest BCUT2D eigenvalue weighted by atomic mass is 32.5. The summed E-state index contributed by atoms with van der Waals surface area (Å²) < 4.78 is 50.2. The summed E-state index contributed by atoms with van der Waals surface area (Å²) in [5, 5.41) is 13.6. The number of alkyl halides is 3. The third-order valence-corrected chi connectivity index (χ3v) is 5.66.